The Hall–Kier alpha value is -3.10. The summed E-state index contributed by atoms with van der Waals surface area (Å²) in [5, 5.41) is 24.2. The number of nitrogen functional groups attached to an aromatic ring is 1. The quantitative estimate of drug-likeness (QED) is 0.571. The third-order valence-electron chi connectivity index (χ3n) is 3.40. The Morgan fingerprint density at radius 1 is 1.23 bits per heavy atom. The molecule has 3 rings (SSSR count). The summed E-state index contributed by atoms with van der Waals surface area (Å²) in [6.45, 7) is 3.80. The Balaban J connectivity index is 2.13. The Kier molecular flexibility index (Phi) is 2.98. The Bertz CT molecular complexity index is 792. The maximum atomic E-state index is 12.5. The minimum absolute atomic E-state index is 0.0225. The lowest BCUT2D eigenvalue weighted by Crippen LogP contribution is -2.30. The van der Waals surface area contributed by atoms with Gasteiger partial charge in [0.15, 0.2) is 11.7 Å². The standard InChI is InChI=1S/C13H14N6O3/c1-3-22-13-8(12(15)18-19-13)7-9(20)6(10(7)21)5-4(2)16-17-11(5)14/h20H,3H2,1-2H3,(H2,15,18)(H3,14,16,17)/b8-7-. The third kappa shape index (κ3) is 1.72. The maximum Gasteiger partial charge on any atom is 0.245 e. The topological polar surface area (TPSA) is 152 Å². The van der Waals surface area contributed by atoms with Crippen LogP contribution in [0.5, 0.6) is 0 Å². The number of aliphatic hydroxyl groups excluding tert-OH is 1. The van der Waals surface area contributed by atoms with E-state index in [0.717, 1.165) is 0 Å². The van der Waals surface area contributed by atoms with E-state index in [1.165, 1.54) is 0 Å². The minimum atomic E-state index is -0.406. The molecule has 9 heteroatoms. The van der Waals surface area contributed by atoms with E-state index < -0.39 is 5.78 Å². The number of aliphatic hydroxyl groups is 1. The van der Waals surface area contributed by atoms with Crippen LogP contribution in [-0.4, -0.2) is 39.4 Å². The van der Waals surface area contributed by atoms with Gasteiger partial charge >= 0.3 is 0 Å². The van der Waals surface area contributed by atoms with Crippen molar-refractivity contribution < 1.29 is 14.6 Å². The number of anilines is 1. The summed E-state index contributed by atoms with van der Waals surface area (Å²) >= 11 is 0. The number of aromatic amines is 1. The number of carbonyl (C=O) groups excluding carboxylic acids is 1. The monoisotopic (exact) mass is 302 g/mol. The van der Waals surface area contributed by atoms with Crippen molar-refractivity contribution in [2.75, 3.05) is 12.3 Å². The van der Waals surface area contributed by atoms with E-state index in [1.807, 2.05) is 0 Å². The fraction of sp³-hybridized carbons (Fsp3) is 0.231. The van der Waals surface area contributed by atoms with Crippen LogP contribution in [0, 0.1) is 6.92 Å². The number of allylic oxidation sites excluding steroid dienone is 2. The molecule has 6 N–H and O–H groups in total. The number of H-pyrrole nitrogens is 1. The zero-order valence-corrected chi connectivity index (χ0v) is 12.0. The SMILES string of the molecule is CCOC1=NN=C(N)/C1=C1/C(=O)C(c2c(N)n[nH]c2C)=C1O. The number of nitrogens with zero attached hydrogens (tertiary/aromatic N) is 3. The first kappa shape index (κ1) is 13.9. The second kappa shape index (κ2) is 4.72. The predicted octanol–water partition coefficient (Wildman–Crippen LogP) is 0.170. The first-order valence-electron chi connectivity index (χ1n) is 6.55. The molecule has 0 amide bonds. The van der Waals surface area contributed by atoms with Gasteiger partial charge in [-0.1, -0.05) is 0 Å². The van der Waals surface area contributed by atoms with Crippen LogP contribution in [-0.2, 0) is 9.53 Å². The molecule has 22 heavy (non-hydrogen) atoms. The molecular weight excluding hydrogens is 288 g/mol. The minimum Gasteiger partial charge on any atom is -0.506 e. The van der Waals surface area contributed by atoms with Crippen molar-refractivity contribution in [1.82, 2.24) is 10.2 Å². The highest BCUT2D eigenvalue weighted by atomic mass is 16.5. The van der Waals surface area contributed by atoms with Gasteiger partial charge in [-0.05, 0) is 13.8 Å². The van der Waals surface area contributed by atoms with E-state index in [2.05, 4.69) is 20.4 Å². The summed E-state index contributed by atoms with van der Waals surface area (Å²) in [5.41, 5.74) is 12.8. The van der Waals surface area contributed by atoms with Crippen LogP contribution in [0.25, 0.3) is 5.57 Å². The Labute approximate surface area is 125 Å². The molecule has 0 fully saturated rings. The first-order valence-corrected chi connectivity index (χ1v) is 6.55. The van der Waals surface area contributed by atoms with Gasteiger partial charge < -0.3 is 21.3 Å². The van der Waals surface area contributed by atoms with Crippen molar-refractivity contribution in [3.8, 4) is 0 Å². The number of aryl methyl sites for hydroxylation is 1. The molecule has 1 aromatic heterocycles. The van der Waals surface area contributed by atoms with Crippen LogP contribution >= 0.6 is 0 Å². The Morgan fingerprint density at radius 3 is 2.50 bits per heavy atom. The number of nitrogens with one attached hydrogen (secondary N) is 1. The van der Waals surface area contributed by atoms with E-state index >= 15 is 0 Å². The molecule has 114 valence electrons. The highest BCUT2D eigenvalue weighted by Gasteiger charge is 2.42. The van der Waals surface area contributed by atoms with Gasteiger partial charge in [0.2, 0.25) is 11.7 Å². The van der Waals surface area contributed by atoms with Crippen molar-refractivity contribution in [3.63, 3.8) is 0 Å². The van der Waals surface area contributed by atoms with Gasteiger partial charge in [-0.25, -0.2) is 0 Å². The second-order valence-electron chi connectivity index (χ2n) is 4.73. The first-order chi connectivity index (χ1) is 10.5. The molecule has 0 bridgehead atoms. The molecule has 0 spiro atoms. The molecular formula is C13H14N6O3. The summed E-state index contributed by atoms with van der Waals surface area (Å²) in [5.74, 6) is -0.344. The number of rotatable bonds is 2. The zero-order chi connectivity index (χ0) is 16.0. The number of carbonyl (C=O) groups is 1. The van der Waals surface area contributed by atoms with Gasteiger partial charge in [-0.2, -0.15) is 5.10 Å². The van der Waals surface area contributed by atoms with Crippen LogP contribution < -0.4 is 11.5 Å². The summed E-state index contributed by atoms with van der Waals surface area (Å²) < 4.78 is 5.28. The van der Waals surface area contributed by atoms with E-state index in [1.54, 1.807) is 13.8 Å². The highest BCUT2D eigenvalue weighted by molar-refractivity contribution is 6.44. The molecule has 1 aliphatic carbocycles. The molecule has 0 aromatic carbocycles. The highest BCUT2D eigenvalue weighted by Crippen LogP contribution is 2.41. The van der Waals surface area contributed by atoms with Crippen LogP contribution in [0.15, 0.2) is 27.1 Å². The van der Waals surface area contributed by atoms with Crippen molar-refractivity contribution in [2.24, 2.45) is 15.9 Å². The van der Waals surface area contributed by atoms with Crippen molar-refractivity contribution in [2.45, 2.75) is 13.8 Å². The lowest BCUT2D eigenvalue weighted by atomic mass is 9.80. The molecule has 2 heterocycles. The van der Waals surface area contributed by atoms with Gasteiger partial charge in [0.1, 0.15) is 5.76 Å². The van der Waals surface area contributed by atoms with Gasteiger partial charge in [0.05, 0.1) is 28.9 Å². The number of ketones is 1. The molecule has 1 aromatic rings. The van der Waals surface area contributed by atoms with Gasteiger partial charge in [-0.15, -0.1) is 10.2 Å². The predicted molar refractivity (Wildman–Crippen MR) is 80.0 cm³/mol. The zero-order valence-electron chi connectivity index (χ0n) is 12.0. The molecule has 0 saturated heterocycles. The molecule has 1 aliphatic heterocycles. The van der Waals surface area contributed by atoms with Crippen molar-refractivity contribution >= 4 is 28.9 Å². The average molecular weight is 302 g/mol. The van der Waals surface area contributed by atoms with Gasteiger partial charge in [-0.3, -0.25) is 9.89 Å². The van der Waals surface area contributed by atoms with Crippen LogP contribution in [0.2, 0.25) is 0 Å². The number of Topliss-reactive ketones (excluding diaryl/α,β-unsaturated/α-hetero) is 1. The number of aromatic nitrogens is 2. The summed E-state index contributed by atoms with van der Waals surface area (Å²) in [4.78, 5) is 12.5. The second-order valence-corrected chi connectivity index (χ2v) is 4.73. The van der Waals surface area contributed by atoms with Crippen LogP contribution in [0.1, 0.15) is 18.2 Å². The molecule has 9 nitrogen and oxygen atoms in total. The lowest BCUT2D eigenvalue weighted by Gasteiger charge is -2.23. The molecule has 0 atom stereocenters. The van der Waals surface area contributed by atoms with E-state index in [-0.39, 0.29) is 40.0 Å². The number of amidine groups is 1. The number of ether oxygens (including phenoxy) is 1. The molecule has 0 unspecified atom stereocenters. The number of hydrogen-bond donors (Lipinski definition) is 4. The number of nitrogens with two attached hydrogens (primary N) is 2. The van der Waals surface area contributed by atoms with Crippen LogP contribution in [0.4, 0.5) is 5.82 Å². The molecule has 0 saturated carbocycles. The third-order valence-corrected chi connectivity index (χ3v) is 3.40. The largest absolute Gasteiger partial charge is 0.506 e. The van der Waals surface area contributed by atoms with Crippen molar-refractivity contribution in [3.05, 3.63) is 28.2 Å². The maximum absolute atomic E-state index is 12.5. The fourth-order valence-corrected chi connectivity index (χ4v) is 2.41. The van der Waals surface area contributed by atoms with Crippen molar-refractivity contribution in [1.29, 1.82) is 0 Å². The molecule has 0 radical (unpaired) electrons. The Morgan fingerprint density at radius 2 is 1.95 bits per heavy atom. The normalized spacial score (nSPS) is 20.9. The van der Waals surface area contributed by atoms with Gasteiger partial charge in [0, 0.05) is 5.69 Å². The molecule has 2 aliphatic rings. The summed E-state index contributed by atoms with van der Waals surface area (Å²) in [7, 11) is 0. The number of hydrogen-bond acceptors (Lipinski definition) is 8. The lowest BCUT2D eigenvalue weighted by molar-refractivity contribution is -0.111. The van der Waals surface area contributed by atoms with E-state index in [9.17, 15) is 9.90 Å². The summed E-state index contributed by atoms with van der Waals surface area (Å²) in [6.07, 6.45) is 0. The smallest absolute Gasteiger partial charge is 0.245 e. The summed E-state index contributed by atoms with van der Waals surface area (Å²) in [6, 6.07) is 0. The van der Waals surface area contributed by atoms with E-state index in [4.69, 9.17) is 16.2 Å². The van der Waals surface area contributed by atoms with E-state index in [0.29, 0.717) is 17.9 Å². The average Bonchev–Trinajstić information content (AvgIpc) is 2.99. The van der Waals surface area contributed by atoms with Gasteiger partial charge in [0.25, 0.3) is 0 Å². The fourth-order valence-electron chi connectivity index (χ4n) is 2.41. The van der Waals surface area contributed by atoms with Crippen LogP contribution in [0.3, 0.4) is 0 Å².